The Morgan fingerprint density at radius 2 is 1.49 bits per heavy atom. The van der Waals surface area contributed by atoms with E-state index in [1.807, 2.05) is 0 Å². The molecule has 1 rings (SSSR count). The number of carboxylic acid groups (broad SMARTS) is 1. The number of H-pyrrole nitrogens is 1. The van der Waals surface area contributed by atoms with Crippen LogP contribution in [-0.4, -0.2) is 81.8 Å². The largest absolute Gasteiger partial charge is 0.480 e. The average Bonchev–Trinajstić information content (AvgIpc) is 3.34. The highest BCUT2D eigenvalue weighted by atomic mass is 32.1. The van der Waals surface area contributed by atoms with Gasteiger partial charge in [-0.15, -0.1) is 0 Å². The monoisotopic (exact) mass is 514 g/mol. The molecule has 1 aromatic heterocycles. The number of nitrogens with zero attached hydrogens (tertiary/aromatic N) is 1. The van der Waals surface area contributed by atoms with Crippen LogP contribution in [-0.2, 0) is 25.6 Å². The first-order valence-corrected chi connectivity index (χ1v) is 12.2. The first-order valence-electron chi connectivity index (χ1n) is 11.6. The Hall–Kier alpha value is -2.68. The number of amides is 3. The lowest BCUT2D eigenvalue weighted by Gasteiger charge is -2.24. The number of thiol groups is 1. The van der Waals surface area contributed by atoms with Gasteiger partial charge in [0.1, 0.15) is 18.1 Å². The molecule has 0 aliphatic carbocycles. The fraction of sp³-hybridized carbons (Fsp3) is 0.667. The van der Waals surface area contributed by atoms with E-state index < -0.39 is 47.9 Å². The minimum atomic E-state index is -1.23. The van der Waals surface area contributed by atoms with Crippen molar-refractivity contribution in [2.75, 3.05) is 18.8 Å². The van der Waals surface area contributed by atoms with E-state index in [1.165, 1.54) is 12.5 Å². The third-order valence-corrected chi connectivity index (χ3v) is 5.66. The summed E-state index contributed by atoms with van der Waals surface area (Å²) in [6.45, 7) is 0.894. The first kappa shape index (κ1) is 30.4. The second-order valence-electron chi connectivity index (χ2n) is 8.16. The van der Waals surface area contributed by atoms with Crippen LogP contribution in [0.25, 0.3) is 0 Å². The van der Waals surface area contributed by atoms with Gasteiger partial charge in [0.15, 0.2) is 0 Å². The van der Waals surface area contributed by atoms with Crippen LogP contribution in [0.4, 0.5) is 0 Å². The van der Waals surface area contributed by atoms with Gasteiger partial charge in [-0.25, -0.2) is 9.78 Å². The van der Waals surface area contributed by atoms with Gasteiger partial charge in [0, 0.05) is 24.1 Å². The highest BCUT2D eigenvalue weighted by molar-refractivity contribution is 7.80. The fourth-order valence-corrected chi connectivity index (χ4v) is 3.49. The summed E-state index contributed by atoms with van der Waals surface area (Å²) in [5.74, 6) is -3.06. The van der Waals surface area contributed by atoms with Gasteiger partial charge >= 0.3 is 5.97 Å². The smallest absolute Gasteiger partial charge is 0.326 e. The molecule has 13 nitrogen and oxygen atoms in total. The van der Waals surface area contributed by atoms with Crippen LogP contribution < -0.4 is 33.2 Å². The van der Waals surface area contributed by atoms with Crippen LogP contribution >= 0.6 is 12.6 Å². The van der Waals surface area contributed by atoms with E-state index in [1.54, 1.807) is 0 Å². The Morgan fingerprint density at radius 3 is 2.03 bits per heavy atom. The molecule has 198 valence electrons. The lowest BCUT2D eigenvalue weighted by Crippen LogP contribution is -2.57. The summed E-state index contributed by atoms with van der Waals surface area (Å²) >= 11 is 4.14. The number of imidazole rings is 1. The summed E-state index contributed by atoms with van der Waals surface area (Å²) in [6.07, 6.45) is 6.05. The average molecular weight is 515 g/mol. The molecule has 35 heavy (non-hydrogen) atoms. The molecule has 0 fully saturated rings. The molecule has 0 bridgehead atoms. The van der Waals surface area contributed by atoms with Crippen LogP contribution in [0.2, 0.25) is 0 Å². The van der Waals surface area contributed by atoms with Gasteiger partial charge in [0.25, 0.3) is 0 Å². The maximum absolute atomic E-state index is 12.9. The molecule has 0 saturated heterocycles. The minimum absolute atomic E-state index is 0.0120. The summed E-state index contributed by atoms with van der Waals surface area (Å²) in [5.41, 5.74) is 17.4. The summed E-state index contributed by atoms with van der Waals surface area (Å²) in [6, 6.07) is -4.10. The van der Waals surface area contributed by atoms with Gasteiger partial charge in [0.2, 0.25) is 17.7 Å². The van der Waals surface area contributed by atoms with Crippen molar-refractivity contribution in [1.29, 1.82) is 0 Å². The number of nitrogens with two attached hydrogens (primary N) is 3. The third kappa shape index (κ3) is 11.5. The van der Waals surface area contributed by atoms with E-state index in [0.717, 1.165) is 6.42 Å². The number of carboxylic acids is 1. The molecule has 14 heteroatoms. The lowest BCUT2D eigenvalue weighted by molar-refractivity contribution is -0.142. The van der Waals surface area contributed by atoms with Crippen molar-refractivity contribution >= 4 is 36.3 Å². The van der Waals surface area contributed by atoms with Crippen LogP contribution in [0.1, 0.15) is 44.2 Å². The predicted octanol–water partition coefficient (Wildman–Crippen LogP) is -1.99. The third-order valence-electron chi connectivity index (χ3n) is 5.29. The van der Waals surface area contributed by atoms with Crippen molar-refractivity contribution in [3.63, 3.8) is 0 Å². The number of rotatable bonds is 18. The quantitative estimate of drug-likeness (QED) is 0.0778. The minimum Gasteiger partial charge on any atom is -0.480 e. The zero-order valence-electron chi connectivity index (χ0n) is 19.7. The molecule has 0 aliphatic heterocycles. The number of hydrogen-bond donors (Lipinski definition) is 9. The van der Waals surface area contributed by atoms with E-state index in [-0.39, 0.29) is 18.6 Å². The summed E-state index contributed by atoms with van der Waals surface area (Å²) in [5, 5.41) is 17.1. The number of aromatic nitrogens is 2. The van der Waals surface area contributed by atoms with Crippen LogP contribution in [0.15, 0.2) is 12.5 Å². The number of carbonyl (C=O) groups excluding carboxylic acids is 3. The summed E-state index contributed by atoms with van der Waals surface area (Å²) in [4.78, 5) is 56.4. The Balaban J connectivity index is 2.82. The molecule has 1 aromatic rings. The van der Waals surface area contributed by atoms with Gasteiger partial charge in [-0.2, -0.15) is 12.6 Å². The highest BCUT2D eigenvalue weighted by Crippen LogP contribution is 2.06. The Kier molecular flexibility index (Phi) is 14.6. The van der Waals surface area contributed by atoms with E-state index in [4.69, 9.17) is 17.2 Å². The van der Waals surface area contributed by atoms with Crippen LogP contribution in [0.3, 0.4) is 0 Å². The maximum Gasteiger partial charge on any atom is 0.326 e. The predicted molar refractivity (Wildman–Crippen MR) is 133 cm³/mol. The van der Waals surface area contributed by atoms with Crippen LogP contribution in [0.5, 0.6) is 0 Å². The van der Waals surface area contributed by atoms with Gasteiger partial charge in [0.05, 0.1) is 12.4 Å². The molecule has 0 spiro atoms. The SMILES string of the molecule is NCCCCC(N)C(=O)NC(CS)C(=O)NC(CCCCN)C(=O)NC(Cc1cnc[nH]1)C(=O)O. The van der Waals surface area contributed by atoms with Crippen molar-refractivity contribution in [2.45, 2.75) is 69.1 Å². The summed E-state index contributed by atoms with van der Waals surface area (Å²) < 4.78 is 0. The van der Waals surface area contributed by atoms with E-state index in [0.29, 0.717) is 44.5 Å². The molecule has 0 saturated carbocycles. The van der Waals surface area contributed by atoms with Crippen molar-refractivity contribution in [3.05, 3.63) is 18.2 Å². The van der Waals surface area contributed by atoms with Crippen LogP contribution in [0, 0.1) is 0 Å². The van der Waals surface area contributed by atoms with Gasteiger partial charge in [-0.3, -0.25) is 14.4 Å². The van der Waals surface area contributed by atoms with Crippen molar-refractivity contribution in [3.8, 4) is 0 Å². The zero-order chi connectivity index (χ0) is 26.2. The van der Waals surface area contributed by atoms with Crippen molar-refractivity contribution in [1.82, 2.24) is 25.9 Å². The Morgan fingerprint density at radius 1 is 0.914 bits per heavy atom. The van der Waals surface area contributed by atoms with Crippen molar-refractivity contribution in [2.24, 2.45) is 17.2 Å². The molecule has 0 aromatic carbocycles. The summed E-state index contributed by atoms with van der Waals surface area (Å²) in [7, 11) is 0. The molecule has 0 aliphatic rings. The van der Waals surface area contributed by atoms with Gasteiger partial charge < -0.3 is 43.2 Å². The molecule has 0 radical (unpaired) electrons. The second kappa shape index (κ2) is 16.9. The van der Waals surface area contributed by atoms with Crippen molar-refractivity contribution < 1.29 is 24.3 Å². The first-order chi connectivity index (χ1) is 16.7. The normalized spacial score (nSPS) is 14.4. The second-order valence-corrected chi connectivity index (χ2v) is 8.53. The fourth-order valence-electron chi connectivity index (χ4n) is 3.24. The Bertz CT molecular complexity index is 795. The van der Waals surface area contributed by atoms with Gasteiger partial charge in [-0.1, -0.05) is 6.42 Å². The lowest BCUT2D eigenvalue weighted by atomic mass is 10.1. The molecule has 4 unspecified atom stereocenters. The van der Waals surface area contributed by atoms with E-state index >= 15 is 0 Å². The van der Waals surface area contributed by atoms with Gasteiger partial charge in [-0.05, 0) is 45.2 Å². The number of hydrogen-bond acceptors (Lipinski definition) is 9. The number of nitrogens with one attached hydrogen (secondary N) is 4. The molecule has 1 heterocycles. The maximum atomic E-state index is 12.9. The topological polar surface area (TPSA) is 231 Å². The molecule has 3 amide bonds. The molecular weight excluding hydrogens is 476 g/mol. The highest BCUT2D eigenvalue weighted by Gasteiger charge is 2.30. The molecule has 4 atom stereocenters. The molecule has 11 N–H and O–H groups in total. The van der Waals surface area contributed by atoms with E-state index in [9.17, 15) is 24.3 Å². The molecular formula is C21H38N8O5S. The van der Waals surface area contributed by atoms with E-state index in [2.05, 4.69) is 38.5 Å². The number of aliphatic carboxylic acids is 1. The Labute approximate surface area is 210 Å². The zero-order valence-corrected chi connectivity index (χ0v) is 20.6. The number of carbonyl (C=O) groups is 4. The standard InChI is InChI=1S/C21H38N8O5S/c22-7-3-1-5-14(24)18(30)29-17(11-35)20(32)27-15(6-2-4-8-23)19(31)28-16(21(33)34)9-13-10-25-12-26-13/h10,12,14-17,35H,1-9,11,22-24H2,(H,25,26)(H,27,32)(H,28,31)(H,29,30)(H,33,34). The number of unbranched alkanes of at least 4 members (excludes halogenated alkanes) is 2. The number of aromatic amines is 1.